The summed E-state index contributed by atoms with van der Waals surface area (Å²) in [5.41, 5.74) is 2.33. The number of methoxy groups -OCH3 is 1. The number of hydrogen-bond donors (Lipinski definition) is 1. The van der Waals surface area contributed by atoms with E-state index >= 15 is 0 Å². The van der Waals surface area contributed by atoms with Gasteiger partial charge in [-0.15, -0.1) is 11.8 Å². The lowest BCUT2D eigenvalue weighted by Gasteiger charge is -2.09. The number of carbonyl (C=O) groups is 2. The minimum absolute atomic E-state index is 0.204. The van der Waals surface area contributed by atoms with E-state index < -0.39 is 5.97 Å². The Hall–Kier alpha value is -2.76. The summed E-state index contributed by atoms with van der Waals surface area (Å²) in [5.74, 6) is 0.00718. The number of nitrogens with one attached hydrogen (secondary N) is 1. The number of halogens is 1. The topological polar surface area (TPSA) is 55.4 Å². The first-order valence-electron chi connectivity index (χ1n) is 8.53. The Bertz CT molecular complexity index is 975. The summed E-state index contributed by atoms with van der Waals surface area (Å²) >= 11 is 7.74. The fourth-order valence-corrected chi connectivity index (χ4v) is 3.58. The summed E-state index contributed by atoms with van der Waals surface area (Å²) in [6.45, 7) is 0. The van der Waals surface area contributed by atoms with Crippen molar-refractivity contribution in [2.24, 2.45) is 0 Å². The molecule has 28 heavy (non-hydrogen) atoms. The van der Waals surface area contributed by atoms with Crippen LogP contribution >= 0.6 is 23.4 Å². The monoisotopic (exact) mass is 411 g/mol. The van der Waals surface area contributed by atoms with E-state index in [1.165, 1.54) is 18.1 Å². The number of carbonyl (C=O) groups excluding carboxylic acids is 2. The molecule has 0 heterocycles. The van der Waals surface area contributed by atoms with E-state index in [0.29, 0.717) is 11.3 Å². The van der Waals surface area contributed by atoms with E-state index in [2.05, 4.69) is 17.4 Å². The van der Waals surface area contributed by atoms with Crippen molar-refractivity contribution in [3.05, 3.63) is 94.5 Å². The van der Waals surface area contributed by atoms with Crippen molar-refractivity contribution in [3.8, 4) is 0 Å². The van der Waals surface area contributed by atoms with Crippen LogP contribution in [0.5, 0.6) is 0 Å². The van der Waals surface area contributed by atoms with Crippen LogP contribution in [0.25, 0.3) is 0 Å². The molecule has 0 radical (unpaired) electrons. The van der Waals surface area contributed by atoms with E-state index in [9.17, 15) is 9.59 Å². The van der Waals surface area contributed by atoms with Crippen molar-refractivity contribution in [3.63, 3.8) is 0 Å². The Morgan fingerprint density at radius 1 is 1.00 bits per heavy atom. The molecule has 0 unspecified atom stereocenters. The van der Waals surface area contributed by atoms with Crippen LogP contribution in [-0.2, 0) is 10.5 Å². The molecule has 142 valence electrons. The molecule has 0 bridgehead atoms. The van der Waals surface area contributed by atoms with Crippen LogP contribution in [0.4, 0.5) is 5.69 Å². The Morgan fingerprint density at radius 2 is 1.71 bits per heavy atom. The smallest absolute Gasteiger partial charge is 0.339 e. The number of rotatable bonds is 6. The van der Waals surface area contributed by atoms with Gasteiger partial charge in [0.15, 0.2) is 0 Å². The normalized spacial score (nSPS) is 10.4. The van der Waals surface area contributed by atoms with Gasteiger partial charge in [-0.25, -0.2) is 4.79 Å². The van der Waals surface area contributed by atoms with Crippen molar-refractivity contribution in [2.75, 3.05) is 12.4 Å². The van der Waals surface area contributed by atoms with Crippen LogP contribution in [0.3, 0.4) is 0 Å². The molecule has 0 saturated heterocycles. The molecule has 3 rings (SSSR count). The number of anilines is 1. The molecule has 0 spiro atoms. The highest BCUT2D eigenvalue weighted by Crippen LogP contribution is 2.24. The van der Waals surface area contributed by atoms with Crippen LogP contribution < -0.4 is 5.32 Å². The zero-order valence-electron chi connectivity index (χ0n) is 15.1. The Balaban J connectivity index is 1.64. The second-order valence-electron chi connectivity index (χ2n) is 5.94. The van der Waals surface area contributed by atoms with Crippen molar-refractivity contribution in [1.82, 2.24) is 0 Å². The molecular formula is C22H18ClNO3S. The average molecular weight is 412 g/mol. The highest BCUT2D eigenvalue weighted by molar-refractivity contribution is 7.98. The maximum absolute atomic E-state index is 12.5. The average Bonchev–Trinajstić information content (AvgIpc) is 2.74. The highest BCUT2D eigenvalue weighted by Gasteiger charge is 2.13. The number of esters is 1. The lowest BCUT2D eigenvalue weighted by Crippen LogP contribution is -2.12. The van der Waals surface area contributed by atoms with E-state index in [0.717, 1.165) is 11.3 Å². The third-order valence-corrected chi connectivity index (χ3v) is 5.41. The van der Waals surface area contributed by atoms with E-state index in [1.54, 1.807) is 36.0 Å². The summed E-state index contributed by atoms with van der Waals surface area (Å²) in [4.78, 5) is 25.4. The van der Waals surface area contributed by atoms with Crippen LogP contribution in [0, 0.1) is 0 Å². The SMILES string of the molecule is COC(=O)c1cc(NC(=O)c2ccc(CSc3ccccc3)cc2)ccc1Cl. The fraction of sp³-hybridized carbons (Fsp3) is 0.0909. The summed E-state index contributed by atoms with van der Waals surface area (Å²) in [7, 11) is 1.28. The Morgan fingerprint density at radius 3 is 2.39 bits per heavy atom. The Labute approximate surface area is 172 Å². The van der Waals surface area contributed by atoms with Gasteiger partial charge in [0.25, 0.3) is 5.91 Å². The number of amides is 1. The van der Waals surface area contributed by atoms with Gasteiger partial charge in [0.2, 0.25) is 0 Å². The minimum Gasteiger partial charge on any atom is -0.465 e. The molecule has 1 N–H and O–H groups in total. The van der Waals surface area contributed by atoms with Gasteiger partial charge in [0.1, 0.15) is 0 Å². The number of benzene rings is 3. The molecule has 0 atom stereocenters. The maximum Gasteiger partial charge on any atom is 0.339 e. The highest BCUT2D eigenvalue weighted by atomic mass is 35.5. The van der Waals surface area contributed by atoms with Crippen molar-refractivity contribution >= 4 is 40.9 Å². The molecule has 3 aromatic carbocycles. The van der Waals surface area contributed by atoms with Gasteiger partial charge in [0.05, 0.1) is 17.7 Å². The zero-order valence-corrected chi connectivity index (χ0v) is 16.7. The van der Waals surface area contributed by atoms with Crippen molar-refractivity contribution in [2.45, 2.75) is 10.6 Å². The van der Waals surface area contributed by atoms with Crippen LogP contribution in [0.2, 0.25) is 5.02 Å². The molecule has 0 aliphatic rings. The quantitative estimate of drug-likeness (QED) is 0.419. The van der Waals surface area contributed by atoms with Gasteiger partial charge in [-0.3, -0.25) is 4.79 Å². The molecule has 0 aromatic heterocycles. The molecule has 1 amide bonds. The molecule has 6 heteroatoms. The van der Waals surface area contributed by atoms with Crippen LogP contribution in [0.15, 0.2) is 77.7 Å². The first-order valence-corrected chi connectivity index (χ1v) is 9.89. The summed E-state index contributed by atoms with van der Waals surface area (Å²) in [6.07, 6.45) is 0. The molecule has 4 nitrogen and oxygen atoms in total. The second kappa shape index (κ2) is 9.44. The van der Waals surface area contributed by atoms with Gasteiger partial charge in [-0.1, -0.05) is 41.9 Å². The van der Waals surface area contributed by atoms with E-state index in [1.807, 2.05) is 30.3 Å². The fourth-order valence-electron chi connectivity index (χ4n) is 2.51. The predicted octanol–water partition coefficient (Wildman–Crippen LogP) is 5.67. The van der Waals surface area contributed by atoms with Crippen molar-refractivity contribution < 1.29 is 14.3 Å². The summed E-state index contributed by atoms with van der Waals surface area (Å²) in [6, 6.07) is 22.3. The molecule has 0 aliphatic heterocycles. The van der Waals surface area contributed by atoms with Gasteiger partial charge in [0, 0.05) is 21.9 Å². The summed E-state index contributed by atoms with van der Waals surface area (Å²) < 4.78 is 4.69. The van der Waals surface area contributed by atoms with E-state index in [-0.39, 0.29) is 16.5 Å². The van der Waals surface area contributed by atoms with Gasteiger partial charge in [-0.2, -0.15) is 0 Å². The minimum atomic E-state index is -0.554. The first kappa shape index (κ1) is 20.0. The molecular weight excluding hydrogens is 394 g/mol. The molecule has 0 saturated carbocycles. The first-order chi connectivity index (χ1) is 13.6. The number of ether oxygens (including phenoxy) is 1. The predicted molar refractivity (Wildman–Crippen MR) is 113 cm³/mol. The largest absolute Gasteiger partial charge is 0.465 e. The number of thioether (sulfide) groups is 1. The van der Waals surface area contributed by atoms with Gasteiger partial charge in [-0.05, 0) is 48.0 Å². The second-order valence-corrected chi connectivity index (χ2v) is 7.39. The lowest BCUT2D eigenvalue weighted by molar-refractivity contribution is 0.0600. The van der Waals surface area contributed by atoms with Crippen LogP contribution in [0.1, 0.15) is 26.3 Å². The lowest BCUT2D eigenvalue weighted by atomic mass is 10.1. The summed E-state index contributed by atoms with van der Waals surface area (Å²) in [5, 5.41) is 3.04. The molecule has 3 aromatic rings. The zero-order chi connectivity index (χ0) is 19.9. The van der Waals surface area contributed by atoms with Crippen molar-refractivity contribution in [1.29, 1.82) is 0 Å². The Kier molecular flexibility index (Phi) is 6.74. The van der Waals surface area contributed by atoms with Crippen LogP contribution in [-0.4, -0.2) is 19.0 Å². The molecule has 0 fully saturated rings. The third kappa shape index (κ3) is 5.15. The van der Waals surface area contributed by atoms with Gasteiger partial charge >= 0.3 is 5.97 Å². The van der Waals surface area contributed by atoms with E-state index in [4.69, 9.17) is 16.3 Å². The molecule has 0 aliphatic carbocycles. The number of hydrogen-bond acceptors (Lipinski definition) is 4. The third-order valence-electron chi connectivity index (χ3n) is 3.99. The van der Waals surface area contributed by atoms with Gasteiger partial charge < -0.3 is 10.1 Å². The maximum atomic E-state index is 12.5. The standard InChI is InChI=1S/C22H18ClNO3S/c1-27-22(26)19-13-17(11-12-20(19)23)24-21(25)16-9-7-15(8-10-16)14-28-18-5-3-2-4-6-18/h2-13H,14H2,1H3,(H,24,25).